The summed E-state index contributed by atoms with van der Waals surface area (Å²) in [7, 11) is 0. The standard InChI is InChI=1S/C11H9NO/c1-3-8(2)11-12-9-6-4-5-7-10(9)13-11/h3-7H,1-2H2. The Hall–Kier alpha value is -1.83. The molecule has 0 amide bonds. The lowest BCUT2D eigenvalue weighted by atomic mass is 10.3. The van der Waals surface area contributed by atoms with E-state index in [2.05, 4.69) is 18.1 Å². The molecule has 0 fully saturated rings. The fraction of sp³-hybridized carbons (Fsp3) is 0. The third-order valence-electron chi connectivity index (χ3n) is 1.81. The average molecular weight is 171 g/mol. The van der Waals surface area contributed by atoms with Gasteiger partial charge in [-0.1, -0.05) is 31.4 Å². The van der Waals surface area contributed by atoms with E-state index in [1.54, 1.807) is 6.08 Å². The van der Waals surface area contributed by atoms with Crippen molar-refractivity contribution in [2.75, 3.05) is 0 Å². The van der Waals surface area contributed by atoms with E-state index in [1.807, 2.05) is 24.3 Å². The van der Waals surface area contributed by atoms with Gasteiger partial charge < -0.3 is 4.42 Å². The molecule has 0 atom stereocenters. The molecule has 1 aromatic heterocycles. The Morgan fingerprint density at radius 2 is 2.15 bits per heavy atom. The minimum absolute atomic E-state index is 0.538. The smallest absolute Gasteiger partial charge is 0.226 e. The molecule has 0 saturated carbocycles. The summed E-state index contributed by atoms with van der Waals surface area (Å²) in [6, 6.07) is 7.61. The Kier molecular flexibility index (Phi) is 1.74. The number of para-hydroxylation sites is 2. The van der Waals surface area contributed by atoms with Crippen molar-refractivity contribution < 1.29 is 4.42 Å². The van der Waals surface area contributed by atoms with Gasteiger partial charge in [0.25, 0.3) is 0 Å². The maximum Gasteiger partial charge on any atom is 0.226 e. The number of oxazole rings is 1. The summed E-state index contributed by atoms with van der Waals surface area (Å²) in [6.45, 7) is 7.37. The second kappa shape index (κ2) is 2.90. The molecule has 0 aliphatic rings. The molecule has 1 heterocycles. The molecule has 0 spiro atoms. The Morgan fingerprint density at radius 3 is 2.85 bits per heavy atom. The molecule has 1 aromatic carbocycles. The molecule has 2 heteroatoms. The van der Waals surface area contributed by atoms with Crippen LogP contribution in [0.4, 0.5) is 0 Å². The first kappa shape index (κ1) is 7.80. The highest BCUT2D eigenvalue weighted by atomic mass is 16.3. The Bertz CT molecular complexity index is 435. The highest BCUT2D eigenvalue weighted by Gasteiger charge is 2.04. The van der Waals surface area contributed by atoms with Crippen molar-refractivity contribution in [3.63, 3.8) is 0 Å². The molecule has 0 N–H and O–H groups in total. The summed E-state index contributed by atoms with van der Waals surface area (Å²) in [5, 5.41) is 0. The zero-order valence-electron chi connectivity index (χ0n) is 7.16. The zero-order valence-corrected chi connectivity index (χ0v) is 7.16. The highest BCUT2D eigenvalue weighted by Crippen LogP contribution is 2.19. The van der Waals surface area contributed by atoms with Gasteiger partial charge in [-0.3, -0.25) is 0 Å². The van der Waals surface area contributed by atoms with Gasteiger partial charge in [-0.05, 0) is 12.1 Å². The number of rotatable bonds is 2. The molecule has 2 nitrogen and oxygen atoms in total. The number of hydrogen-bond donors (Lipinski definition) is 0. The quantitative estimate of drug-likeness (QED) is 0.649. The maximum absolute atomic E-state index is 5.44. The van der Waals surface area contributed by atoms with E-state index < -0.39 is 0 Å². The summed E-state index contributed by atoms with van der Waals surface area (Å²) in [4.78, 5) is 4.25. The van der Waals surface area contributed by atoms with E-state index in [-0.39, 0.29) is 0 Å². The van der Waals surface area contributed by atoms with Gasteiger partial charge in [0, 0.05) is 5.57 Å². The molecule has 2 aromatic rings. The molecule has 0 bridgehead atoms. The van der Waals surface area contributed by atoms with Crippen LogP contribution in [-0.4, -0.2) is 4.98 Å². The van der Waals surface area contributed by atoms with Crippen LogP contribution in [0.1, 0.15) is 5.89 Å². The van der Waals surface area contributed by atoms with Crippen LogP contribution in [-0.2, 0) is 0 Å². The second-order valence-electron chi connectivity index (χ2n) is 2.72. The van der Waals surface area contributed by atoms with Gasteiger partial charge >= 0.3 is 0 Å². The molecular weight excluding hydrogens is 162 g/mol. The molecule has 13 heavy (non-hydrogen) atoms. The normalized spacial score (nSPS) is 10.2. The van der Waals surface area contributed by atoms with E-state index in [4.69, 9.17) is 4.42 Å². The van der Waals surface area contributed by atoms with Crippen molar-refractivity contribution in [3.8, 4) is 0 Å². The van der Waals surface area contributed by atoms with Gasteiger partial charge in [-0.25, -0.2) is 4.98 Å². The number of nitrogens with zero attached hydrogens (tertiary/aromatic N) is 1. The zero-order chi connectivity index (χ0) is 9.26. The average Bonchev–Trinajstić information content (AvgIpc) is 2.59. The highest BCUT2D eigenvalue weighted by molar-refractivity contribution is 5.77. The number of benzene rings is 1. The largest absolute Gasteiger partial charge is 0.436 e. The molecule has 0 saturated heterocycles. The maximum atomic E-state index is 5.44. The van der Waals surface area contributed by atoms with E-state index in [0.717, 1.165) is 11.1 Å². The van der Waals surface area contributed by atoms with E-state index in [1.165, 1.54) is 0 Å². The van der Waals surface area contributed by atoms with E-state index in [9.17, 15) is 0 Å². The van der Waals surface area contributed by atoms with Crippen molar-refractivity contribution in [2.45, 2.75) is 0 Å². The monoisotopic (exact) mass is 171 g/mol. The van der Waals surface area contributed by atoms with Crippen LogP contribution in [0, 0.1) is 0 Å². The van der Waals surface area contributed by atoms with E-state index >= 15 is 0 Å². The van der Waals surface area contributed by atoms with Crippen LogP contribution in [0.5, 0.6) is 0 Å². The first-order valence-electron chi connectivity index (χ1n) is 3.98. The van der Waals surface area contributed by atoms with Gasteiger partial charge in [-0.2, -0.15) is 0 Å². The van der Waals surface area contributed by atoms with Crippen molar-refractivity contribution in [2.24, 2.45) is 0 Å². The summed E-state index contributed by atoms with van der Waals surface area (Å²) in [5.74, 6) is 0.538. The summed E-state index contributed by atoms with van der Waals surface area (Å²) >= 11 is 0. The predicted molar refractivity (Wildman–Crippen MR) is 53.2 cm³/mol. The second-order valence-corrected chi connectivity index (χ2v) is 2.72. The van der Waals surface area contributed by atoms with E-state index in [0.29, 0.717) is 11.5 Å². The topological polar surface area (TPSA) is 26.0 Å². The fourth-order valence-electron chi connectivity index (χ4n) is 1.10. The minimum Gasteiger partial charge on any atom is -0.436 e. The molecule has 0 unspecified atom stereocenters. The van der Waals surface area contributed by atoms with Crippen LogP contribution in [0.2, 0.25) is 0 Å². The predicted octanol–water partition coefficient (Wildman–Crippen LogP) is 3.03. The Morgan fingerprint density at radius 1 is 1.38 bits per heavy atom. The third kappa shape index (κ3) is 1.26. The van der Waals surface area contributed by atoms with Crippen molar-refractivity contribution in [1.29, 1.82) is 0 Å². The first-order chi connectivity index (χ1) is 6.31. The van der Waals surface area contributed by atoms with Crippen LogP contribution in [0.15, 0.2) is 47.9 Å². The summed E-state index contributed by atoms with van der Waals surface area (Å²) in [6.07, 6.45) is 1.63. The van der Waals surface area contributed by atoms with Gasteiger partial charge in [-0.15, -0.1) is 0 Å². The number of hydrogen-bond acceptors (Lipinski definition) is 2. The molecule has 0 aliphatic carbocycles. The van der Waals surface area contributed by atoms with Gasteiger partial charge in [0.2, 0.25) is 5.89 Å². The van der Waals surface area contributed by atoms with Crippen LogP contribution >= 0.6 is 0 Å². The lowest BCUT2D eigenvalue weighted by molar-refractivity contribution is 0.586. The lowest BCUT2D eigenvalue weighted by Crippen LogP contribution is -1.75. The van der Waals surface area contributed by atoms with Gasteiger partial charge in [0.1, 0.15) is 5.52 Å². The van der Waals surface area contributed by atoms with Gasteiger partial charge in [0.15, 0.2) is 5.58 Å². The minimum atomic E-state index is 0.538. The number of allylic oxidation sites excluding steroid dienone is 2. The van der Waals surface area contributed by atoms with Crippen molar-refractivity contribution in [1.82, 2.24) is 4.98 Å². The number of aromatic nitrogens is 1. The lowest BCUT2D eigenvalue weighted by Gasteiger charge is -1.87. The van der Waals surface area contributed by atoms with Crippen LogP contribution in [0.3, 0.4) is 0 Å². The molecule has 0 aliphatic heterocycles. The van der Waals surface area contributed by atoms with Crippen LogP contribution in [0.25, 0.3) is 16.7 Å². The van der Waals surface area contributed by atoms with Crippen molar-refractivity contribution in [3.05, 3.63) is 49.4 Å². The molecule has 0 radical (unpaired) electrons. The fourth-order valence-corrected chi connectivity index (χ4v) is 1.10. The molecule has 2 rings (SSSR count). The summed E-state index contributed by atoms with van der Waals surface area (Å²) < 4.78 is 5.44. The Labute approximate surface area is 76.2 Å². The van der Waals surface area contributed by atoms with Crippen molar-refractivity contribution >= 4 is 16.7 Å². The SMILES string of the molecule is C=CC(=C)c1nc2ccccc2o1. The first-order valence-corrected chi connectivity index (χ1v) is 3.98. The molecular formula is C11H9NO. The van der Waals surface area contributed by atoms with Gasteiger partial charge in [0.05, 0.1) is 0 Å². The third-order valence-corrected chi connectivity index (χ3v) is 1.81. The number of fused-ring (bicyclic) bond motifs is 1. The van der Waals surface area contributed by atoms with Crippen LogP contribution < -0.4 is 0 Å². The Balaban J connectivity index is 2.62. The summed E-state index contributed by atoms with van der Waals surface area (Å²) in [5.41, 5.74) is 2.33. The molecule has 64 valence electrons.